The molecular weight excluding hydrogens is 272 g/mol. The normalized spacial score (nSPS) is 20.6. The van der Waals surface area contributed by atoms with E-state index in [9.17, 15) is 9.59 Å². The van der Waals surface area contributed by atoms with E-state index in [0.717, 1.165) is 16.9 Å². The third-order valence-corrected chi connectivity index (χ3v) is 5.12. The Kier molecular flexibility index (Phi) is 4.38. The van der Waals surface area contributed by atoms with Crippen molar-refractivity contribution >= 4 is 29.3 Å². The molecule has 0 radical (unpaired) electrons. The lowest BCUT2D eigenvalue weighted by molar-refractivity contribution is -0.140. The minimum atomic E-state index is -0.322. The van der Waals surface area contributed by atoms with E-state index < -0.39 is 0 Å². The fourth-order valence-electron chi connectivity index (χ4n) is 2.27. The third kappa shape index (κ3) is 2.68. The highest BCUT2D eigenvalue weighted by Gasteiger charge is 2.41. The predicted molar refractivity (Wildman–Crippen MR) is 81.5 cm³/mol. The zero-order valence-corrected chi connectivity index (χ0v) is 12.9. The highest BCUT2D eigenvalue weighted by Crippen LogP contribution is 2.35. The van der Waals surface area contributed by atoms with Gasteiger partial charge in [0, 0.05) is 23.0 Å². The summed E-state index contributed by atoms with van der Waals surface area (Å²) in [5, 5.41) is -0.322. The van der Waals surface area contributed by atoms with Crippen molar-refractivity contribution in [2.75, 3.05) is 5.73 Å². The van der Waals surface area contributed by atoms with Crippen LogP contribution < -0.4 is 5.73 Å². The standard InChI is InChI=1S/C15H20N2O2S/c1-4-9(2)17-14(18)8-13(15(17)19)20-12-7-5-6-11(16)10(12)3/h5-7,9,13H,4,8,16H2,1-3H3. The summed E-state index contributed by atoms with van der Waals surface area (Å²) in [6.45, 7) is 5.83. The molecule has 1 aromatic carbocycles. The lowest BCUT2D eigenvalue weighted by Crippen LogP contribution is -2.38. The number of likely N-dealkylation sites (tertiary alicyclic amines) is 1. The number of rotatable bonds is 4. The van der Waals surface area contributed by atoms with Gasteiger partial charge in [0.1, 0.15) is 0 Å². The Morgan fingerprint density at radius 3 is 2.80 bits per heavy atom. The van der Waals surface area contributed by atoms with Gasteiger partial charge in [0.25, 0.3) is 0 Å². The van der Waals surface area contributed by atoms with Crippen molar-refractivity contribution in [1.82, 2.24) is 4.90 Å². The molecule has 5 heteroatoms. The zero-order chi connectivity index (χ0) is 14.9. The molecule has 1 aromatic rings. The van der Waals surface area contributed by atoms with Crippen LogP contribution in [0.25, 0.3) is 0 Å². The summed E-state index contributed by atoms with van der Waals surface area (Å²) >= 11 is 1.44. The van der Waals surface area contributed by atoms with Gasteiger partial charge in [-0.25, -0.2) is 0 Å². The van der Waals surface area contributed by atoms with E-state index in [0.29, 0.717) is 5.69 Å². The Labute approximate surface area is 123 Å². The number of benzene rings is 1. The number of anilines is 1. The van der Waals surface area contributed by atoms with E-state index in [1.165, 1.54) is 16.7 Å². The predicted octanol–water partition coefficient (Wildman–Crippen LogP) is 2.60. The Hall–Kier alpha value is -1.49. The number of hydrogen-bond donors (Lipinski definition) is 1. The van der Waals surface area contributed by atoms with E-state index in [4.69, 9.17) is 5.73 Å². The summed E-state index contributed by atoms with van der Waals surface area (Å²) in [7, 11) is 0. The molecule has 1 aliphatic rings. The van der Waals surface area contributed by atoms with Crippen LogP contribution in [-0.2, 0) is 9.59 Å². The van der Waals surface area contributed by atoms with Gasteiger partial charge >= 0.3 is 0 Å². The summed E-state index contributed by atoms with van der Waals surface area (Å²) in [6, 6.07) is 5.63. The van der Waals surface area contributed by atoms with Gasteiger partial charge in [-0.1, -0.05) is 13.0 Å². The molecule has 0 aromatic heterocycles. The first-order chi connectivity index (χ1) is 9.45. The topological polar surface area (TPSA) is 63.4 Å². The quantitative estimate of drug-likeness (QED) is 0.684. The number of nitrogens with zero attached hydrogens (tertiary/aromatic N) is 1. The highest BCUT2D eigenvalue weighted by molar-refractivity contribution is 8.00. The van der Waals surface area contributed by atoms with E-state index in [-0.39, 0.29) is 29.5 Å². The summed E-state index contributed by atoms with van der Waals surface area (Å²) in [6.07, 6.45) is 1.06. The number of amides is 2. The molecule has 2 amide bonds. The number of carbonyl (C=O) groups excluding carboxylic acids is 2. The molecule has 1 fully saturated rings. The maximum absolute atomic E-state index is 12.4. The van der Waals surface area contributed by atoms with Crippen LogP contribution in [0, 0.1) is 6.92 Å². The van der Waals surface area contributed by atoms with Crippen molar-refractivity contribution in [2.24, 2.45) is 0 Å². The first kappa shape index (κ1) is 14.9. The minimum absolute atomic E-state index is 0.0254. The number of nitrogens with two attached hydrogens (primary N) is 1. The molecule has 0 aliphatic carbocycles. The molecule has 0 saturated carbocycles. The Bertz CT molecular complexity index is 545. The SMILES string of the molecule is CCC(C)N1C(=O)CC(Sc2cccc(N)c2C)C1=O. The molecule has 0 bridgehead atoms. The highest BCUT2D eigenvalue weighted by atomic mass is 32.2. The van der Waals surface area contributed by atoms with Gasteiger partial charge < -0.3 is 5.73 Å². The Balaban J connectivity index is 2.17. The molecule has 2 N–H and O–H groups in total. The number of thioether (sulfide) groups is 1. The number of hydrogen-bond acceptors (Lipinski definition) is 4. The maximum Gasteiger partial charge on any atom is 0.243 e. The molecular formula is C15H20N2O2S. The van der Waals surface area contributed by atoms with Crippen molar-refractivity contribution in [2.45, 2.75) is 49.8 Å². The van der Waals surface area contributed by atoms with Crippen LogP contribution >= 0.6 is 11.8 Å². The van der Waals surface area contributed by atoms with E-state index >= 15 is 0 Å². The minimum Gasteiger partial charge on any atom is -0.398 e. The Morgan fingerprint density at radius 1 is 1.45 bits per heavy atom. The molecule has 2 rings (SSSR count). The average molecular weight is 292 g/mol. The van der Waals surface area contributed by atoms with Crippen LogP contribution in [-0.4, -0.2) is 28.0 Å². The largest absolute Gasteiger partial charge is 0.398 e. The van der Waals surface area contributed by atoms with Gasteiger partial charge in [-0.3, -0.25) is 14.5 Å². The second-order valence-electron chi connectivity index (χ2n) is 5.14. The van der Waals surface area contributed by atoms with Crippen LogP contribution in [0.2, 0.25) is 0 Å². The third-order valence-electron chi connectivity index (χ3n) is 3.77. The molecule has 2 atom stereocenters. The molecule has 1 heterocycles. The van der Waals surface area contributed by atoms with Crippen molar-refractivity contribution in [3.8, 4) is 0 Å². The van der Waals surface area contributed by atoms with Gasteiger partial charge in [0.2, 0.25) is 11.8 Å². The van der Waals surface area contributed by atoms with Crippen molar-refractivity contribution < 1.29 is 9.59 Å². The number of imide groups is 1. The van der Waals surface area contributed by atoms with Gasteiger partial charge in [0.15, 0.2) is 0 Å². The monoisotopic (exact) mass is 292 g/mol. The fraction of sp³-hybridized carbons (Fsp3) is 0.467. The van der Waals surface area contributed by atoms with E-state index in [1.54, 1.807) is 0 Å². The lowest BCUT2D eigenvalue weighted by Gasteiger charge is -2.21. The maximum atomic E-state index is 12.4. The van der Waals surface area contributed by atoms with Gasteiger partial charge in [0.05, 0.1) is 5.25 Å². The van der Waals surface area contributed by atoms with Crippen LogP contribution in [0.15, 0.2) is 23.1 Å². The van der Waals surface area contributed by atoms with Gasteiger partial charge in [-0.05, 0) is 38.0 Å². The average Bonchev–Trinajstić information content (AvgIpc) is 2.69. The van der Waals surface area contributed by atoms with Crippen molar-refractivity contribution in [3.63, 3.8) is 0 Å². The second kappa shape index (κ2) is 5.87. The molecule has 2 unspecified atom stereocenters. The Morgan fingerprint density at radius 2 is 2.15 bits per heavy atom. The molecule has 1 saturated heterocycles. The summed E-state index contributed by atoms with van der Waals surface area (Å²) in [4.78, 5) is 26.8. The number of nitrogen functional groups attached to an aromatic ring is 1. The fourth-order valence-corrected chi connectivity index (χ4v) is 3.47. The van der Waals surface area contributed by atoms with Crippen LogP contribution in [0.1, 0.15) is 32.3 Å². The molecule has 1 aliphatic heterocycles. The van der Waals surface area contributed by atoms with E-state index in [2.05, 4.69) is 0 Å². The van der Waals surface area contributed by atoms with Gasteiger partial charge in [-0.15, -0.1) is 11.8 Å². The van der Waals surface area contributed by atoms with Crippen molar-refractivity contribution in [3.05, 3.63) is 23.8 Å². The van der Waals surface area contributed by atoms with E-state index in [1.807, 2.05) is 39.0 Å². The number of carbonyl (C=O) groups is 2. The summed E-state index contributed by atoms with van der Waals surface area (Å²) in [5.41, 5.74) is 7.56. The summed E-state index contributed by atoms with van der Waals surface area (Å²) in [5.74, 6) is -0.139. The molecule has 0 spiro atoms. The smallest absolute Gasteiger partial charge is 0.243 e. The van der Waals surface area contributed by atoms with Crippen LogP contribution in [0.3, 0.4) is 0 Å². The first-order valence-corrected chi connectivity index (χ1v) is 7.71. The molecule has 20 heavy (non-hydrogen) atoms. The molecule has 4 nitrogen and oxygen atoms in total. The lowest BCUT2D eigenvalue weighted by atomic mass is 10.2. The summed E-state index contributed by atoms with van der Waals surface area (Å²) < 4.78 is 0. The molecule has 108 valence electrons. The van der Waals surface area contributed by atoms with Crippen LogP contribution in [0.4, 0.5) is 5.69 Å². The van der Waals surface area contributed by atoms with Crippen LogP contribution in [0.5, 0.6) is 0 Å². The van der Waals surface area contributed by atoms with Gasteiger partial charge in [-0.2, -0.15) is 0 Å². The van der Waals surface area contributed by atoms with Crippen molar-refractivity contribution in [1.29, 1.82) is 0 Å². The zero-order valence-electron chi connectivity index (χ0n) is 12.1. The first-order valence-electron chi connectivity index (χ1n) is 6.83. The second-order valence-corrected chi connectivity index (χ2v) is 6.38.